The van der Waals surface area contributed by atoms with Gasteiger partial charge in [-0.1, -0.05) is 0 Å². The molecule has 0 aliphatic rings. The van der Waals surface area contributed by atoms with Gasteiger partial charge in [0.25, 0.3) is 0 Å². The summed E-state index contributed by atoms with van der Waals surface area (Å²) in [5.74, 6) is 0.460. The fraction of sp³-hybridized carbons (Fsp3) is 0.462. The molecule has 0 aliphatic carbocycles. The molecule has 0 aliphatic heterocycles. The first kappa shape index (κ1) is 15.5. The maximum absolute atomic E-state index is 12.2. The molecular formula is C13H18O5S. The molecule has 1 aromatic rings. The van der Waals surface area contributed by atoms with E-state index in [1.807, 2.05) is 0 Å². The summed E-state index contributed by atoms with van der Waals surface area (Å²) in [6.45, 7) is 3.11. The van der Waals surface area contributed by atoms with Crippen LogP contribution >= 0.6 is 0 Å². The van der Waals surface area contributed by atoms with E-state index in [2.05, 4.69) is 0 Å². The highest BCUT2D eigenvalue weighted by Gasteiger charge is 2.26. The highest BCUT2D eigenvalue weighted by Crippen LogP contribution is 2.31. The van der Waals surface area contributed by atoms with E-state index in [1.165, 1.54) is 27.2 Å². The number of methoxy groups -OCH3 is 2. The summed E-state index contributed by atoms with van der Waals surface area (Å²) in [6.07, 6.45) is 1.05. The van der Waals surface area contributed by atoms with Crippen molar-refractivity contribution in [2.45, 2.75) is 19.1 Å². The van der Waals surface area contributed by atoms with Crippen LogP contribution in [0.4, 0.5) is 0 Å². The maximum Gasteiger partial charge on any atom is 0.181 e. The van der Waals surface area contributed by atoms with E-state index in [1.54, 1.807) is 13.0 Å². The van der Waals surface area contributed by atoms with E-state index in [9.17, 15) is 13.2 Å². The van der Waals surface area contributed by atoms with E-state index < -0.39 is 20.9 Å². The first-order valence-electron chi connectivity index (χ1n) is 5.68. The quantitative estimate of drug-likeness (QED) is 0.769. The Morgan fingerprint density at radius 1 is 1.16 bits per heavy atom. The molecule has 0 aromatic heterocycles. The van der Waals surface area contributed by atoms with Crippen LogP contribution in [-0.2, 0) is 9.84 Å². The van der Waals surface area contributed by atoms with Crippen LogP contribution in [0, 0.1) is 6.92 Å². The Morgan fingerprint density at radius 2 is 1.63 bits per heavy atom. The van der Waals surface area contributed by atoms with Crippen molar-refractivity contribution in [2.75, 3.05) is 20.5 Å². The topological polar surface area (TPSA) is 69.7 Å². The zero-order valence-electron chi connectivity index (χ0n) is 11.7. The number of benzene rings is 1. The van der Waals surface area contributed by atoms with Crippen molar-refractivity contribution < 1.29 is 22.7 Å². The first-order valence-corrected chi connectivity index (χ1v) is 7.63. The zero-order chi connectivity index (χ0) is 14.8. The van der Waals surface area contributed by atoms with Crippen molar-refractivity contribution in [2.24, 2.45) is 0 Å². The zero-order valence-corrected chi connectivity index (χ0v) is 12.5. The Labute approximate surface area is 113 Å². The Bertz CT molecular complexity index is 589. The lowest BCUT2D eigenvalue weighted by Gasteiger charge is -2.14. The summed E-state index contributed by atoms with van der Waals surface area (Å²) < 4.78 is 33.2. The summed E-state index contributed by atoms with van der Waals surface area (Å²) in [4.78, 5) is 12.2. The molecule has 5 nitrogen and oxygen atoms in total. The predicted octanol–water partition coefficient (Wildman–Crippen LogP) is 1.63. The second-order valence-corrected chi connectivity index (χ2v) is 6.72. The summed E-state index contributed by atoms with van der Waals surface area (Å²) in [7, 11) is -0.466. The van der Waals surface area contributed by atoms with E-state index >= 15 is 0 Å². The number of carbonyl (C=O) groups is 1. The summed E-state index contributed by atoms with van der Waals surface area (Å²) >= 11 is 0. The van der Waals surface area contributed by atoms with Crippen LogP contribution in [0.5, 0.6) is 11.5 Å². The van der Waals surface area contributed by atoms with Crippen LogP contribution in [0.15, 0.2) is 12.1 Å². The number of aryl methyl sites for hydroxylation is 1. The fourth-order valence-electron chi connectivity index (χ4n) is 1.66. The lowest BCUT2D eigenvalue weighted by molar-refractivity contribution is 0.0990. The molecule has 1 atom stereocenters. The minimum Gasteiger partial charge on any atom is -0.493 e. The Balaban J connectivity index is 3.32. The van der Waals surface area contributed by atoms with Gasteiger partial charge in [-0.25, -0.2) is 8.42 Å². The van der Waals surface area contributed by atoms with Crippen LogP contribution in [-0.4, -0.2) is 39.9 Å². The number of ketones is 1. The van der Waals surface area contributed by atoms with Gasteiger partial charge in [0.15, 0.2) is 27.1 Å². The second-order valence-electron chi connectivity index (χ2n) is 4.36. The van der Waals surface area contributed by atoms with Gasteiger partial charge >= 0.3 is 0 Å². The molecule has 106 valence electrons. The van der Waals surface area contributed by atoms with Gasteiger partial charge in [0.1, 0.15) is 5.25 Å². The van der Waals surface area contributed by atoms with Gasteiger partial charge in [0.2, 0.25) is 0 Å². The SMILES string of the molecule is COc1cc(C)c(C(=O)C(C)S(C)(=O)=O)cc1OC. The molecule has 0 amide bonds. The van der Waals surface area contributed by atoms with Crippen LogP contribution < -0.4 is 9.47 Å². The summed E-state index contributed by atoms with van der Waals surface area (Å²) in [5, 5.41) is -1.08. The molecule has 0 radical (unpaired) electrons. The number of hydrogen-bond acceptors (Lipinski definition) is 5. The van der Waals surface area contributed by atoms with Gasteiger partial charge in [-0.05, 0) is 31.5 Å². The van der Waals surface area contributed by atoms with Crippen LogP contribution in [0.25, 0.3) is 0 Å². The molecule has 0 spiro atoms. The number of ether oxygens (including phenoxy) is 2. The molecule has 0 N–H and O–H groups in total. The molecule has 1 rings (SSSR count). The van der Waals surface area contributed by atoms with Gasteiger partial charge in [-0.15, -0.1) is 0 Å². The third-order valence-electron chi connectivity index (χ3n) is 3.01. The van der Waals surface area contributed by atoms with Crippen molar-refractivity contribution >= 4 is 15.6 Å². The van der Waals surface area contributed by atoms with Gasteiger partial charge in [0, 0.05) is 11.8 Å². The Kier molecular flexibility index (Phi) is 4.57. The third kappa shape index (κ3) is 3.26. The van der Waals surface area contributed by atoms with Crippen molar-refractivity contribution in [3.05, 3.63) is 23.3 Å². The van der Waals surface area contributed by atoms with Gasteiger partial charge in [0.05, 0.1) is 14.2 Å². The summed E-state index contributed by atoms with van der Waals surface area (Å²) in [6, 6.07) is 3.17. The van der Waals surface area contributed by atoms with E-state index in [-0.39, 0.29) is 0 Å². The monoisotopic (exact) mass is 286 g/mol. The Morgan fingerprint density at radius 3 is 2.05 bits per heavy atom. The van der Waals surface area contributed by atoms with Crippen LogP contribution in [0.1, 0.15) is 22.8 Å². The van der Waals surface area contributed by atoms with Crippen molar-refractivity contribution in [3.8, 4) is 11.5 Å². The predicted molar refractivity (Wildman–Crippen MR) is 72.9 cm³/mol. The van der Waals surface area contributed by atoms with Crippen LogP contribution in [0.2, 0.25) is 0 Å². The smallest absolute Gasteiger partial charge is 0.181 e. The number of hydrogen-bond donors (Lipinski definition) is 0. The number of sulfone groups is 1. The number of rotatable bonds is 5. The lowest BCUT2D eigenvalue weighted by Crippen LogP contribution is -2.27. The molecule has 0 bridgehead atoms. The molecule has 0 fully saturated rings. The molecule has 6 heteroatoms. The molecule has 19 heavy (non-hydrogen) atoms. The minimum atomic E-state index is -3.42. The van der Waals surface area contributed by atoms with E-state index in [0.29, 0.717) is 22.6 Å². The molecule has 0 heterocycles. The summed E-state index contributed by atoms with van der Waals surface area (Å²) in [5.41, 5.74) is 0.980. The molecule has 1 aromatic carbocycles. The van der Waals surface area contributed by atoms with Gasteiger partial charge in [-0.3, -0.25) is 4.79 Å². The van der Waals surface area contributed by atoms with Crippen molar-refractivity contribution in [3.63, 3.8) is 0 Å². The highest BCUT2D eigenvalue weighted by molar-refractivity contribution is 7.92. The van der Waals surface area contributed by atoms with Crippen molar-refractivity contribution in [1.82, 2.24) is 0 Å². The molecule has 0 saturated carbocycles. The van der Waals surface area contributed by atoms with Gasteiger partial charge < -0.3 is 9.47 Å². The Hall–Kier alpha value is -1.56. The van der Waals surface area contributed by atoms with E-state index in [4.69, 9.17) is 9.47 Å². The molecular weight excluding hydrogens is 268 g/mol. The average Bonchev–Trinajstić information content (AvgIpc) is 2.35. The average molecular weight is 286 g/mol. The number of Topliss-reactive ketones (excluding diaryl/α,β-unsaturated/α-hetero) is 1. The molecule has 1 unspecified atom stereocenters. The lowest BCUT2D eigenvalue weighted by atomic mass is 10.0. The largest absolute Gasteiger partial charge is 0.493 e. The third-order valence-corrected chi connectivity index (χ3v) is 4.51. The fourth-order valence-corrected chi connectivity index (χ4v) is 2.18. The first-order chi connectivity index (χ1) is 8.72. The normalized spacial score (nSPS) is 12.9. The standard InChI is InChI=1S/C13H18O5S/c1-8-6-11(17-3)12(18-4)7-10(8)13(14)9(2)19(5,15)16/h6-7,9H,1-5H3. The molecule has 0 saturated heterocycles. The van der Waals surface area contributed by atoms with Crippen LogP contribution in [0.3, 0.4) is 0 Å². The maximum atomic E-state index is 12.2. The highest BCUT2D eigenvalue weighted by atomic mass is 32.2. The minimum absolute atomic E-state index is 0.329. The van der Waals surface area contributed by atoms with Crippen molar-refractivity contribution in [1.29, 1.82) is 0 Å². The second kappa shape index (κ2) is 5.61. The van der Waals surface area contributed by atoms with Gasteiger partial charge in [-0.2, -0.15) is 0 Å². The van der Waals surface area contributed by atoms with E-state index in [0.717, 1.165) is 6.26 Å². The number of carbonyl (C=O) groups excluding carboxylic acids is 1.